The zero-order valence-electron chi connectivity index (χ0n) is 12.1. The monoisotopic (exact) mass is 277 g/mol. The van der Waals surface area contributed by atoms with Gasteiger partial charge in [0.15, 0.2) is 0 Å². The lowest BCUT2D eigenvalue weighted by Gasteiger charge is -2.35. The van der Waals surface area contributed by atoms with Crippen molar-refractivity contribution in [2.24, 2.45) is 0 Å². The van der Waals surface area contributed by atoms with E-state index in [0.717, 1.165) is 24.3 Å². The molecule has 0 saturated carbocycles. The number of anilines is 1. The van der Waals surface area contributed by atoms with Gasteiger partial charge in [0.05, 0.1) is 13.2 Å². The number of amides is 1. The van der Waals surface area contributed by atoms with Crippen LogP contribution in [0.2, 0.25) is 0 Å². The van der Waals surface area contributed by atoms with Crippen LogP contribution in [-0.4, -0.2) is 42.6 Å². The zero-order valence-corrected chi connectivity index (χ0v) is 12.1. The Bertz CT molecular complexity index is 445. The third kappa shape index (κ3) is 3.95. The van der Waals surface area contributed by atoms with Crippen LogP contribution in [0.5, 0.6) is 0 Å². The average molecular weight is 277 g/mol. The highest BCUT2D eigenvalue weighted by Crippen LogP contribution is 2.14. The predicted octanol–water partition coefficient (Wildman–Crippen LogP) is 0.994. The molecule has 1 aliphatic rings. The van der Waals surface area contributed by atoms with Gasteiger partial charge in [-0.15, -0.1) is 0 Å². The Balaban J connectivity index is 2.03. The van der Waals surface area contributed by atoms with Crippen molar-refractivity contribution in [2.75, 3.05) is 25.5 Å². The maximum atomic E-state index is 12.2. The van der Waals surface area contributed by atoms with Crippen LogP contribution in [0, 0.1) is 0 Å². The van der Waals surface area contributed by atoms with Crippen molar-refractivity contribution in [3.63, 3.8) is 0 Å². The van der Waals surface area contributed by atoms with E-state index in [9.17, 15) is 4.79 Å². The van der Waals surface area contributed by atoms with Gasteiger partial charge in [0.1, 0.15) is 6.04 Å². The molecule has 0 aromatic heterocycles. The number of ether oxygens (including phenoxy) is 1. The van der Waals surface area contributed by atoms with Gasteiger partial charge in [-0.3, -0.25) is 9.69 Å². The third-order valence-electron chi connectivity index (χ3n) is 3.34. The number of morpholine rings is 1. The molecule has 1 amide bonds. The largest absolute Gasteiger partial charge is 0.399 e. The summed E-state index contributed by atoms with van der Waals surface area (Å²) < 4.78 is 5.45. The SMILES string of the molecule is CC(C)NC(=O)C1COCCN1Cc1ccc(N)cc1. The number of benzene rings is 1. The predicted molar refractivity (Wildman–Crippen MR) is 79.2 cm³/mol. The molecular formula is C15H23N3O2. The quantitative estimate of drug-likeness (QED) is 0.806. The lowest BCUT2D eigenvalue weighted by Crippen LogP contribution is -2.54. The number of rotatable bonds is 4. The van der Waals surface area contributed by atoms with E-state index in [1.165, 1.54) is 0 Å². The molecule has 2 rings (SSSR count). The number of carbonyl (C=O) groups is 1. The summed E-state index contributed by atoms with van der Waals surface area (Å²) in [4.78, 5) is 14.4. The molecule has 1 saturated heterocycles. The van der Waals surface area contributed by atoms with E-state index in [4.69, 9.17) is 10.5 Å². The van der Waals surface area contributed by atoms with Gasteiger partial charge < -0.3 is 15.8 Å². The number of nitrogens with one attached hydrogen (secondary N) is 1. The first-order valence-electron chi connectivity index (χ1n) is 7.03. The molecule has 110 valence electrons. The molecule has 3 N–H and O–H groups in total. The minimum absolute atomic E-state index is 0.0372. The number of carbonyl (C=O) groups excluding carboxylic acids is 1. The molecule has 1 aromatic rings. The average Bonchev–Trinajstić information content (AvgIpc) is 2.41. The van der Waals surface area contributed by atoms with Crippen LogP contribution < -0.4 is 11.1 Å². The van der Waals surface area contributed by atoms with Crippen LogP contribution in [-0.2, 0) is 16.1 Å². The molecule has 1 unspecified atom stereocenters. The zero-order chi connectivity index (χ0) is 14.5. The second-order valence-electron chi connectivity index (χ2n) is 5.47. The van der Waals surface area contributed by atoms with E-state index in [1.54, 1.807) is 0 Å². The fraction of sp³-hybridized carbons (Fsp3) is 0.533. The summed E-state index contributed by atoms with van der Waals surface area (Å²) in [6.07, 6.45) is 0. The van der Waals surface area contributed by atoms with Crippen LogP contribution >= 0.6 is 0 Å². The summed E-state index contributed by atoms with van der Waals surface area (Å²) in [7, 11) is 0. The minimum atomic E-state index is -0.219. The molecule has 1 aromatic carbocycles. The third-order valence-corrected chi connectivity index (χ3v) is 3.34. The highest BCUT2D eigenvalue weighted by atomic mass is 16.5. The topological polar surface area (TPSA) is 67.6 Å². The minimum Gasteiger partial charge on any atom is -0.399 e. The molecule has 5 heteroatoms. The normalized spacial score (nSPS) is 20.1. The molecule has 0 aliphatic carbocycles. The van der Waals surface area contributed by atoms with Crippen molar-refractivity contribution in [3.8, 4) is 0 Å². The van der Waals surface area contributed by atoms with Gasteiger partial charge in [-0.05, 0) is 31.5 Å². The van der Waals surface area contributed by atoms with Crippen LogP contribution in [0.4, 0.5) is 5.69 Å². The van der Waals surface area contributed by atoms with Crippen molar-refractivity contribution in [3.05, 3.63) is 29.8 Å². The first-order chi connectivity index (χ1) is 9.56. The van der Waals surface area contributed by atoms with Crippen molar-refractivity contribution >= 4 is 11.6 Å². The summed E-state index contributed by atoms with van der Waals surface area (Å²) in [6.45, 7) is 6.55. The highest BCUT2D eigenvalue weighted by molar-refractivity contribution is 5.82. The van der Waals surface area contributed by atoms with Gasteiger partial charge in [0.2, 0.25) is 5.91 Å². The summed E-state index contributed by atoms with van der Waals surface area (Å²) in [5, 5.41) is 2.96. The van der Waals surface area contributed by atoms with Crippen LogP contribution in [0.1, 0.15) is 19.4 Å². The molecular weight excluding hydrogens is 254 g/mol. The first-order valence-corrected chi connectivity index (χ1v) is 7.03. The maximum absolute atomic E-state index is 12.2. The van der Waals surface area contributed by atoms with E-state index in [0.29, 0.717) is 13.2 Å². The Kier molecular flexibility index (Phi) is 4.98. The number of nitrogens with zero attached hydrogens (tertiary/aromatic N) is 1. The second kappa shape index (κ2) is 6.72. The fourth-order valence-electron chi connectivity index (χ4n) is 2.31. The lowest BCUT2D eigenvalue weighted by atomic mass is 10.1. The summed E-state index contributed by atoms with van der Waals surface area (Å²) in [5.74, 6) is 0.0372. The standard InChI is InChI=1S/C15H23N3O2/c1-11(2)17-15(19)14-10-20-8-7-18(14)9-12-3-5-13(16)6-4-12/h3-6,11,14H,7-10,16H2,1-2H3,(H,17,19). The molecule has 1 fully saturated rings. The second-order valence-corrected chi connectivity index (χ2v) is 5.47. The van der Waals surface area contributed by atoms with Crippen molar-refractivity contribution in [2.45, 2.75) is 32.5 Å². The van der Waals surface area contributed by atoms with E-state index >= 15 is 0 Å². The van der Waals surface area contributed by atoms with Crippen molar-refractivity contribution in [1.82, 2.24) is 10.2 Å². The van der Waals surface area contributed by atoms with E-state index in [2.05, 4.69) is 10.2 Å². The van der Waals surface area contributed by atoms with Gasteiger partial charge in [-0.2, -0.15) is 0 Å². The Morgan fingerprint density at radius 1 is 1.45 bits per heavy atom. The number of nitrogens with two attached hydrogens (primary N) is 1. The van der Waals surface area contributed by atoms with E-state index in [1.807, 2.05) is 38.1 Å². The summed E-state index contributed by atoms with van der Waals surface area (Å²) in [5.41, 5.74) is 7.60. The smallest absolute Gasteiger partial charge is 0.239 e. The summed E-state index contributed by atoms with van der Waals surface area (Å²) >= 11 is 0. The Labute approximate surface area is 120 Å². The number of hydrogen-bond acceptors (Lipinski definition) is 4. The van der Waals surface area contributed by atoms with Crippen LogP contribution in [0.3, 0.4) is 0 Å². The Morgan fingerprint density at radius 3 is 2.80 bits per heavy atom. The number of nitrogen functional groups attached to an aromatic ring is 1. The Hall–Kier alpha value is -1.59. The molecule has 0 spiro atoms. The molecule has 1 atom stereocenters. The molecule has 5 nitrogen and oxygen atoms in total. The van der Waals surface area contributed by atoms with Gasteiger partial charge in [0, 0.05) is 24.8 Å². The van der Waals surface area contributed by atoms with Crippen molar-refractivity contribution < 1.29 is 9.53 Å². The van der Waals surface area contributed by atoms with E-state index in [-0.39, 0.29) is 18.0 Å². The fourth-order valence-corrected chi connectivity index (χ4v) is 2.31. The van der Waals surface area contributed by atoms with Gasteiger partial charge in [0.25, 0.3) is 0 Å². The molecule has 0 radical (unpaired) electrons. The summed E-state index contributed by atoms with van der Waals surface area (Å²) in [6, 6.07) is 7.70. The van der Waals surface area contributed by atoms with E-state index < -0.39 is 0 Å². The van der Waals surface area contributed by atoms with Crippen molar-refractivity contribution in [1.29, 1.82) is 0 Å². The van der Waals surface area contributed by atoms with Crippen LogP contribution in [0.15, 0.2) is 24.3 Å². The van der Waals surface area contributed by atoms with Gasteiger partial charge >= 0.3 is 0 Å². The number of hydrogen-bond donors (Lipinski definition) is 2. The Morgan fingerprint density at radius 2 is 2.15 bits per heavy atom. The van der Waals surface area contributed by atoms with Crippen LogP contribution in [0.25, 0.3) is 0 Å². The van der Waals surface area contributed by atoms with Gasteiger partial charge in [-0.25, -0.2) is 0 Å². The highest BCUT2D eigenvalue weighted by Gasteiger charge is 2.29. The lowest BCUT2D eigenvalue weighted by molar-refractivity contribution is -0.133. The first kappa shape index (κ1) is 14.8. The van der Waals surface area contributed by atoms with Gasteiger partial charge in [-0.1, -0.05) is 12.1 Å². The molecule has 20 heavy (non-hydrogen) atoms. The maximum Gasteiger partial charge on any atom is 0.239 e. The molecule has 1 aliphatic heterocycles. The molecule has 1 heterocycles. The molecule has 0 bridgehead atoms.